The van der Waals surface area contributed by atoms with Crippen molar-refractivity contribution >= 4 is 15.9 Å². The van der Waals surface area contributed by atoms with Crippen molar-refractivity contribution in [3.8, 4) is 0 Å². The summed E-state index contributed by atoms with van der Waals surface area (Å²) in [4.78, 5) is 11.9. The molecule has 0 aliphatic heterocycles. The Morgan fingerprint density at radius 1 is 1.21 bits per heavy atom. The normalized spacial score (nSPS) is 19.1. The van der Waals surface area contributed by atoms with E-state index in [1.54, 1.807) is 0 Å². The van der Waals surface area contributed by atoms with E-state index < -0.39 is 10.0 Å². The van der Waals surface area contributed by atoms with Crippen LogP contribution in [0.5, 0.6) is 0 Å². The summed E-state index contributed by atoms with van der Waals surface area (Å²) in [7, 11) is -3.44. The van der Waals surface area contributed by atoms with Gasteiger partial charge in [-0.25, -0.2) is 13.6 Å². The molecule has 19 heavy (non-hydrogen) atoms. The number of rotatable bonds is 7. The lowest BCUT2D eigenvalue weighted by atomic mass is 9.71. The maximum Gasteiger partial charge on any atom is 0.220 e. The molecule has 0 saturated heterocycles. The highest BCUT2D eigenvalue weighted by atomic mass is 32.2. The zero-order chi connectivity index (χ0) is 14.4. The number of primary sulfonamides is 1. The van der Waals surface area contributed by atoms with Crippen LogP contribution >= 0.6 is 0 Å². The summed E-state index contributed by atoms with van der Waals surface area (Å²) < 4.78 is 21.5. The number of sulfonamides is 1. The Morgan fingerprint density at radius 2 is 1.84 bits per heavy atom. The van der Waals surface area contributed by atoms with Gasteiger partial charge in [0.1, 0.15) is 0 Å². The quantitative estimate of drug-likeness (QED) is 0.576. The third-order valence-electron chi connectivity index (χ3n) is 3.81. The first-order chi connectivity index (χ1) is 8.87. The van der Waals surface area contributed by atoms with Gasteiger partial charge in [0, 0.05) is 13.0 Å². The van der Waals surface area contributed by atoms with Crippen LogP contribution in [0.2, 0.25) is 0 Å². The molecule has 0 heterocycles. The van der Waals surface area contributed by atoms with Gasteiger partial charge in [-0.05, 0) is 31.2 Å². The highest BCUT2D eigenvalue weighted by Gasteiger charge is 2.32. The first kappa shape index (κ1) is 16.4. The highest BCUT2D eigenvalue weighted by Crippen LogP contribution is 2.38. The second-order valence-corrected chi connectivity index (χ2v) is 7.25. The second-order valence-electron chi connectivity index (χ2n) is 5.51. The molecule has 112 valence electrons. The predicted molar refractivity (Wildman–Crippen MR) is 74.8 cm³/mol. The van der Waals surface area contributed by atoms with Gasteiger partial charge in [-0.1, -0.05) is 19.3 Å². The van der Waals surface area contributed by atoms with Gasteiger partial charge < -0.3 is 11.1 Å². The number of hydrogen-bond acceptors (Lipinski definition) is 4. The third-order valence-corrected chi connectivity index (χ3v) is 4.67. The molecule has 0 aromatic heterocycles. The number of carbonyl (C=O) groups excluding carboxylic acids is 1. The lowest BCUT2D eigenvalue weighted by Crippen LogP contribution is -2.39. The largest absolute Gasteiger partial charge is 0.356 e. The number of carbonyl (C=O) groups is 1. The molecular weight excluding hydrogens is 266 g/mol. The average Bonchev–Trinajstić information content (AvgIpc) is 2.35. The Balaban J connectivity index is 2.29. The second kappa shape index (κ2) is 7.21. The molecule has 0 unspecified atom stereocenters. The monoisotopic (exact) mass is 291 g/mol. The smallest absolute Gasteiger partial charge is 0.220 e. The molecule has 1 aliphatic rings. The Kier molecular flexibility index (Phi) is 6.22. The molecule has 0 aromatic carbocycles. The standard InChI is InChI=1S/C12H25N3O3S/c13-10-12(5-2-1-3-6-12)9-11(16)15-7-4-8-19(14,17)18/h1-10,13H2,(H,15,16)(H2,14,17,18). The topological polar surface area (TPSA) is 115 Å². The maximum absolute atomic E-state index is 11.9. The molecular formula is C12H25N3O3S. The van der Waals surface area contributed by atoms with Crippen LogP contribution in [-0.4, -0.2) is 33.2 Å². The predicted octanol–water partition coefficient (Wildman–Crippen LogP) is 0.0805. The van der Waals surface area contributed by atoms with Crippen LogP contribution in [0.1, 0.15) is 44.9 Å². The summed E-state index contributed by atoms with van der Waals surface area (Å²) in [6, 6.07) is 0. The van der Waals surface area contributed by atoms with Gasteiger partial charge in [0.15, 0.2) is 0 Å². The molecule has 5 N–H and O–H groups in total. The Bertz CT molecular complexity index is 389. The molecule has 0 spiro atoms. The molecule has 0 radical (unpaired) electrons. The van der Waals surface area contributed by atoms with Crippen molar-refractivity contribution < 1.29 is 13.2 Å². The number of hydrogen-bond donors (Lipinski definition) is 3. The van der Waals surface area contributed by atoms with Crippen molar-refractivity contribution in [1.82, 2.24) is 5.32 Å². The van der Waals surface area contributed by atoms with Crippen molar-refractivity contribution in [2.45, 2.75) is 44.9 Å². The number of nitrogens with one attached hydrogen (secondary N) is 1. The Hall–Kier alpha value is -0.660. The van der Waals surface area contributed by atoms with E-state index in [0.29, 0.717) is 25.9 Å². The van der Waals surface area contributed by atoms with Crippen LogP contribution in [0.3, 0.4) is 0 Å². The zero-order valence-electron chi connectivity index (χ0n) is 11.4. The van der Waals surface area contributed by atoms with Gasteiger partial charge in [0.2, 0.25) is 15.9 Å². The van der Waals surface area contributed by atoms with Crippen LogP contribution in [0.15, 0.2) is 0 Å². The van der Waals surface area contributed by atoms with Crippen molar-refractivity contribution in [2.24, 2.45) is 16.3 Å². The minimum Gasteiger partial charge on any atom is -0.356 e. The molecule has 6 nitrogen and oxygen atoms in total. The molecule has 7 heteroatoms. The lowest BCUT2D eigenvalue weighted by molar-refractivity contribution is -0.123. The summed E-state index contributed by atoms with van der Waals surface area (Å²) in [5.74, 6) is -0.142. The number of nitrogens with two attached hydrogens (primary N) is 2. The van der Waals surface area contributed by atoms with E-state index in [1.165, 1.54) is 6.42 Å². The summed E-state index contributed by atoms with van der Waals surface area (Å²) in [6.07, 6.45) is 6.30. The summed E-state index contributed by atoms with van der Waals surface area (Å²) in [5.41, 5.74) is 5.77. The number of amides is 1. The van der Waals surface area contributed by atoms with Gasteiger partial charge in [0.05, 0.1) is 5.75 Å². The van der Waals surface area contributed by atoms with E-state index in [-0.39, 0.29) is 17.1 Å². The van der Waals surface area contributed by atoms with E-state index in [4.69, 9.17) is 10.9 Å². The summed E-state index contributed by atoms with van der Waals surface area (Å²) in [5, 5.41) is 7.63. The zero-order valence-corrected chi connectivity index (χ0v) is 12.2. The van der Waals surface area contributed by atoms with Crippen molar-refractivity contribution in [2.75, 3.05) is 18.8 Å². The first-order valence-electron chi connectivity index (χ1n) is 6.84. The van der Waals surface area contributed by atoms with E-state index in [2.05, 4.69) is 5.32 Å². The molecule has 1 fully saturated rings. The SMILES string of the molecule is NCC1(CC(=O)NCCCS(N)(=O)=O)CCCCC1. The molecule has 0 aromatic rings. The fraction of sp³-hybridized carbons (Fsp3) is 0.917. The van der Waals surface area contributed by atoms with Gasteiger partial charge in [0.25, 0.3) is 0 Å². The Labute approximate surface area is 115 Å². The van der Waals surface area contributed by atoms with E-state index >= 15 is 0 Å². The van der Waals surface area contributed by atoms with Gasteiger partial charge in [-0.15, -0.1) is 0 Å². The van der Waals surface area contributed by atoms with Crippen LogP contribution in [0.4, 0.5) is 0 Å². The maximum atomic E-state index is 11.9. The third kappa shape index (κ3) is 6.35. The van der Waals surface area contributed by atoms with Crippen LogP contribution < -0.4 is 16.2 Å². The molecule has 1 aliphatic carbocycles. The van der Waals surface area contributed by atoms with Gasteiger partial charge in [-0.2, -0.15) is 0 Å². The fourth-order valence-corrected chi connectivity index (χ4v) is 3.21. The van der Waals surface area contributed by atoms with Crippen LogP contribution in [0.25, 0.3) is 0 Å². The molecule has 0 bridgehead atoms. The molecule has 0 atom stereocenters. The lowest BCUT2D eigenvalue weighted by Gasteiger charge is -2.35. The van der Waals surface area contributed by atoms with Gasteiger partial charge >= 0.3 is 0 Å². The van der Waals surface area contributed by atoms with Crippen molar-refractivity contribution in [3.05, 3.63) is 0 Å². The summed E-state index contributed by atoms with van der Waals surface area (Å²) in [6.45, 7) is 0.882. The Morgan fingerprint density at radius 3 is 2.37 bits per heavy atom. The molecule has 1 amide bonds. The fourth-order valence-electron chi connectivity index (χ4n) is 2.66. The van der Waals surface area contributed by atoms with Gasteiger partial charge in [-0.3, -0.25) is 4.79 Å². The summed E-state index contributed by atoms with van der Waals surface area (Å²) >= 11 is 0. The van der Waals surface area contributed by atoms with Crippen LogP contribution in [0, 0.1) is 5.41 Å². The van der Waals surface area contributed by atoms with E-state index in [9.17, 15) is 13.2 Å². The van der Waals surface area contributed by atoms with Crippen molar-refractivity contribution in [3.63, 3.8) is 0 Å². The van der Waals surface area contributed by atoms with Crippen molar-refractivity contribution in [1.29, 1.82) is 0 Å². The molecule has 1 saturated carbocycles. The minimum absolute atomic E-state index is 0.0400. The highest BCUT2D eigenvalue weighted by molar-refractivity contribution is 7.89. The minimum atomic E-state index is -3.44. The average molecular weight is 291 g/mol. The van der Waals surface area contributed by atoms with E-state index in [0.717, 1.165) is 25.7 Å². The van der Waals surface area contributed by atoms with Crippen LogP contribution in [-0.2, 0) is 14.8 Å². The molecule has 1 rings (SSSR count). The first-order valence-corrected chi connectivity index (χ1v) is 8.56. The van der Waals surface area contributed by atoms with E-state index in [1.807, 2.05) is 0 Å².